The fourth-order valence-corrected chi connectivity index (χ4v) is 3.81. The van der Waals surface area contributed by atoms with Gasteiger partial charge < -0.3 is 14.4 Å². The molecule has 156 valence electrons. The number of pyridine rings is 1. The molecular formula is C23H19N3O5. The van der Waals surface area contributed by atoms with Crippen molar-refractivity contribution in [3.8, 4) is 22.9 Å². The van der Waals surface area contributed by atoms with Gasteiger partial charge in [0.05, 0.1) is 22.6 Å². The molecule has 0 aliphatic carbocycles. The van der Waals surface area contributed by atoms with Crippen LogP contribution in [0.3, 0.4) is 0 Å². The maximum Gasteiger partial charge on any atom is 0.269 e. The van der Waals surface area contributed by atoms with Gasteiger partial charge in [0.1, 0.15) is 17.5 Å². The number of nitriles is 1. The molecule has 0 radical (unpaired) electrons. The van der Waals surface area contributed by atoms with E-state index in [1.165, 1.54) is 22.8 Å². The number of hydrogen-bond acceptors (Lipinski definition) is 6. The maximum atomic E-state index is 13.0. The van der Waals surface area contributed by atoms with Gasteiger partial charge in [0.2, 0.25) is 0 Å². The van der Waals surface area contributed by atoms with Crippen molar-refractivity contribution in [1.29, 1.82) is 5.26 Å². The smallest absolute Gasteiger partial charge is 0.269 e. The van der Waals surface area contributed by atoms with E-state index in [0.29, 0.717) is 28.0 Å². The first-order valence-corrected chi connectivity index (χ1v) is 9.59. The standard InChI is InChI=1S/C23H19N3O5/c1-23(2)22(28)21(18-11-14(13-24)3-8-19(18)31-23)25-10-9-16(12-20(25)27)15-4-6-17(7-5-15)26(29)30/h3-12,21-22,28H,1-2H3/t21-,22+/m1/s1. The molecule has 2 atom stereocenters. The second-order valence-corrected chi connectivity index (χ2v) is 7.92. The molecule has 8 nitrogen and oxygen atoms in total. The number of fused-ring (bicyclic) bond motifs is 1. The lowest BCUT2D eigenvalue weighted by atomic mass is 9.85. The highest BCUT2D eigenvalue weighted by atomic mass is 16.6. The SMILES string of the molecule is CC1(C)Oc2ccc(C#N)cc2[C@@H](n2ccc(-c3ccc([N+](=O)[O-])cc3)cc2=O)[C@@H]1O. The van der Waals surface area contributed by atoms with Crippen LogP contribution in [0.1, 0.15) is 31.0 Å². The van der Waals surface area contributed by atoms with Crippen molar-refractivity contribution in [2.75, 3.05) is 0 Å². The summed E-state index contributed by atoms with van der Waals surface area (Å²) in [4.78, 5) is 23.4. The molecule has 1 N–H and O–H groups in total. The lowest BCUT2D eigenvalue weighted by Crippen LogP contribution is -2.52. The monoisotopic (exact) mass is 417 g/mol. The van der Waals surface area contributed by atoms with E-state index in [4.69, 9.17) is 4.74 Å². The van der Waals surface area contributed by atoms with Crippen molar-refractivity contribution >= 4 is 5.69 Å². The molecule has 0 spiro atoms. The molecule has 0 fully saturated rings. The number of non-ortho nitro benzene ring substituents is 1. The molecule has 2 heterocycles. The van der Waals surface area contributed by atoms with Crippen LogP contribution >= 0.6 is 0 Å². The summed E-state index contributed by atoms with van der Waals surface area (Å²) < 4.78 is 7.34. The largest absolute Gasteiger partial charge is 0.485 e. The Morgan fingerprint density at radius 3 is 2.45 bits per heavy atom. The summed E-state index contributed by atoms with van der Waals surface area (Å²) in [6, 6.07) is 15.3. The van der Waals surface area contributed by atoms with Gasteiger partial charge in [-0.1, -0.05) is 0 Å². The molecule has 0 saturated carbocycles. The molecular weight excluding hydrogens is 398 g/mol. The third kappa shape index (κ3) is 3.56. The normalized spacial score (nSPS) is 19.0. The molecule has 0 saturated heterocycles. The molecule has 1 aromatic heterocycles. The number of nitrogens with zero attached hydrogens (tertiary/aromatic N) is 3. The van der Waals surface area contributed by atoms with Gasteiger partial charge in [0.25, 0.3) is 11.2 Å². The minimum atomic E-state index is -1.04. The van der Waals surface area contributed by atoms with Crippen molar-refractivity contribution < 1.29 is 14.8 Å². The molecule has 0 unspecified atom stereocenters. The number of hydrogen-bond donors (Lipinski definition) is 1. The van der Waals surface area contributed by atoms with Crippen LogP contribution < -0.4 is 10.3 Å². The third-order valence-electron chi connectivity index (χ3n) is 5.50. The predicted molar refractivity (Wildman–Crippen MR) is 113 cm³/mol. The second kappa shape index (κ2) is 7.38. The van der Waals surface area contributed by atoms with Gasteiger partial charge in [-0.25, -0.2) is 0 Å². The Bertz CT molecular complexity index is 1270. The van der Waals surface area contributed by atoms with Gasteiger partial charge in [0, 0.05) is 30.0 Å². The fraction of sp³-hybridized carbons (Fsp3) is 0.217. The first-order valence-electron chi connectivity index (χ1n) is 9.59. The van der Waals surface area contributed by atoms with Crippen LogP contribution in [0.25, 0.3) is 11.1 Å². The highest BCUT2D eigenvalue weighted by Gasteiger charge is 2.44. The summed E-state index contributed by atoms with van der Waals surface area (Å²) in [5, 5.41) is 31.1. The summed E-state index contributed by atoms with van der Waals surface area (Å²) >= 11 is 0. The lowest BCUT2D eigenvalue weighted by Gasteiger charge is -2.42. The number of rotatable bonds is 3. The maximum absolute atomic E-state index is 13.0. The van der Waals surface area contributed by atoms with Gasteiger partial charge in [0.15, 0.2) is 0 Å². The number of aliphatic hydroxyl groups is 1. The highest BCUT2D eigenvalue weighted by molar-refractivity contribution is 5.64. The third-order valence-corrected chi connectivity index (χ3v) is 5.50. The number of benzene rings is 2. The van der Waals surface area contributed by atoms with Crippen molar-refractivity contribution in [1.82, 2.24) is 4.57 Å². The number of ether oxygens (including phenoxy) is 1. The zero-order valence-electron chi connectivity index (χ0n) is 16.9. The molecule has 1 aliphatic rings. The van der Waals surface area contributed by atoms with E-state index in [1.807, 2.05) is 0 Å². The van der Waals surface area contributed by atoms with E-state index in [-0.39, 0.29) is 11.2 Å². The number of nitro benzene ring substituents is 1. The molecule has 4 rings (SSSR count). The van der Waals surface area contributed by atoms with Gasteiger partial charge >= 0.3 is 0 Å². The van der Waals surface area contributed by atoms with Crippen molar-refractivity contribution in [2.24, 2.45) is 0 Å². The Morgan fingerprint density at radius 1 is 1.13 bits per heavy atom. The molecule has 1 aliphatic heterocycles. The van der Waals surface area contributed by atoms with Crippen molar-refractivity contribution in [3.05, 3.63) is 92.4 Å². The Hall–Kier alpha value is -3.96. The summed E-state index contributed by atoms with van der Waals surface area (Å²) in [7, 11) is 0. The lowest BCUT2D eigenvalue weighted by molar-refractivity contribution is -0.384. The average molecular weight is 417 g/mol. The van der Waals surface area contributed by atoms with Gasteiger partial charge in [-0.15, -0.1) is 0 Å². The molecule has 8 heteroatoms. The van der Waals surface area contributed by atoms with Crippen LogP contribution in [0, 0.1) is 21.4 Å². The van der Waals surface area contributed by atoms with Crippen molar-refractivity contribution in [2.45, 2.75) is 31.6 Å². The molecule has 0 bridgehead atoms. The number of nitro groups is 1. The summed E-state index contributed by atoms with van der Waals surface area (Å²) in [5.74, 6) is 0.505. The Balaban J connectivity index is 1.80. The molecule has 0 amide bonds. The van der Waals surface area contributed by atoms with Gasteiger partial charge in [-0.05, 0) is 61.4 Å². The summed E-state index contributed by atoms with van der Waals surface area (Å²) in [6.45, 7) is 3.48. The average Bonchev–Trinajstić information content (AvgIpc) is 2.75. The Labute approximate surface area is 177 Å². The van der Waals surface area contributed by atoms with E-state index in [9.17, 15) is 25.3 Å². The summed E-state index contributed by atoms with van der Waals surface area (Å²) in [6.07, 6.45) is 0.536. The van der Waals surface area contributed by atoms with Crippen LogP contribution in [-0.2, 0) is 0 Å². The van der Waals surface area contributed by atoms with Crippen LogP contribution in [0.4, 0.5) is 5.69 Å². The van der Waals surface area contributed by atoms with E-state index in [1.54, 1.807) is 56.4 Å². The topological polar surface area (TPSA) is 118 Å². The van der Waals surface area contributed by atoms with Gasteiger partial charge in [-0.3, -0.25) is 14.9 Å². The van der Waals surface area contributed by atoms with Gasteiger partial charge in [-0.2, -0.15) is 5.26 Å². The quantitative estimate of drug-likeness (QED) is 0.515. The molecule has 31 heavy (non-hydrogen) atoms. The Morgan fingerprint density at radius 2 is 1.84 bits per heavy atom. The predicted octanol–water partition coefficient (Wildman–Crippen LogP) is 3.42. The van der Waals surface area contributed by atoms with E-state index in [0.717, 1.165) is 0 Å². The second-order valence-electron chi connectivity index (χ2n) is 7.92. The van der Waals surface area contributed by atoms with Crippen LogP contribution in [-0.4, -0.2) is 26.3 Å². The zero-order valence-corrected chi connectivity index (χ0v) is 16.9. The van der Waals surface area contributed by atoms with Crippen LogP contribution in [0.15, 0.2) is 65.6 Å². The number of aliphatic hydroxyl groups excluding tert-OH is 1. The van der Waals surface area contributed by atoms with E-state index >= 15 is 0 Å². The highest BCUT2D eigenvalue weighted by Crippen LogP contribution is 2.41. The van der Waals surface area contributed by atoms with Crippen LogP contribution in [0.2, 0.25) is 0 Å². The molecule has 2 aromatic carbocycles. The first kappa shape index (κ1) is 20.3. The van der Waals surface area contributed by atoms with Crippen LogP contribution in [0.5, 0.6) is 5.75 Å². The minimum absolute atomic E-state index is 0.0328. The fourth-order valence-electron chi connectivity index (χ4n) is 3.81. The van der Waals surface area contributed by atoms with E-state index in [2.05, 4.69) is 6.07 Å². The van der Waals surface area contributed by atoms with Crippen molar-refractivity contribution in [3.63, 3.8) is 0 Å². The molecule has 3 aromatic rings. The Kier molecular flexibility index (Phi) is 4.84. The van der Waals surface area contributed by atoms with E-state index < -0.39 is 22.7 Å². The number of aromatic nitrogens is 1. The first-order chi connectivity index (χ1) is 14.7. The zero-order chi connectivity index (χ0) is 22.3. The minimum Gasteiger partial charge on any atom is -0.485 e. The summed E-state index contributed by atoms with van der Waals surface area (Å²) in [5.41, 5.74) is 0.867.